The quantitative estimate of drug-likeness (QED) is 0.833. The second-order valence-electron chi connectivity index (χ2n) is 6.13. The van der Waals surface area contributed by atoms with Gasteiger partial charge in [0, 0.05) is 37.2 Å². The summed E-state index contributed by atoms with van der Waals surface area (Å²) in [6, 6.07) is 5.01. The lowest BCUT2D eigenvalue weighted by Gasteiger charge is -2.30. The van der Waals surface area contributed by atoms with Gasteiger partial charge in [-0.05, 0) is 38.1 Å². The molecular formula is C17H24FN3O2. The summed E-state index contributed by atoms with van der Waals surface area (Å²) in [7, 11) is 0. The number of hydrogen-bond donors (Lipinski definition) is 2. The van der Waals surface area contributed by atoms with E-state index in [1.165, 1.54) is 6.07 Å². The van der Waals surface area contributed by atoms with Crippen molar-refractivity contribution in [2.45, 2.75) is 38.4 Å². The SMILES string of the molecule is OCc1ccc(N2CCC(=NOC3CCNCC3)CC2)cc1F. The molecule has 5 nitrogen and oxygen atoms in total. The molecule has 3 rings (SSSR count). The van der Waals surface area contributed by atoms with Gasteiger partial charge in [-0.3, -0.25) is 0 Å². The van der Waals surface area contributed by atoms with E-state index in [1.54, 1.807) is 6.07 Å². The Balaban J connectivity index is 1.52. The summed E-state index contributed by atoms with van der Waals surface area (Å²) in [5, 5.41) is 16.7. The maximum atomic E-state index is 13.8. The zero-order valence-electron chi connectivity index (χ0n) is 13.3. The van der Waals surface area contributed by atoms with Crippen LogP contribution in [0.4, 0.5) is 10.1 Å². The van der Waals surface area contributed by atoms with E-state index >= 15 is 0 Å². The zero-order valence-corrected chi connectivity index (χ0v) is 13.3. The van der Waals surface area contributed by atoms with Crippen molar-refractivity contribution in [3.8, 4) is 0 Å². The lowest BCUT2D eigenvalue weighted by Crippen LogP contribution is -2.35. The van der Waals surface area contributed by atoms with Gasteiger partial charge < -0.3 is 20.2 Å². The maximum Gasteiger partial charge on any atom is 0.130 e. The van der Waals surface area contributed by atoms with E-state index in [0.717, 1.165) is 63.3 Å². The Bertz CT molecular complexity index is 549. The molecule has 2 heterocycles. The summed E-state index contributed by atoms with van der Waals surface area (Å²) in [5.41, 5.74) is 2.29. The molecule has 2 saturated heterocycles. The highest BCUT2D eigenvalue weighted by molar-refractivity contribution is 5.86. The number of aliphatic hydroxyl groups is 1. The molecule has 2 aliphatic heterocycles. The Kier molecular flexibility index (Phi) is 5.46. The van der Waals surface area contributed by atoms with Gasteiger partial charge in [-0.2, -0.15) is 0 Å². The van der Waals surface area contributed by atoms with Gasteiger partial charge in [0.1, 0.15) is 11.9 Å². The topological polar surface area (TPSA) is 57.1 Å². The smallest absolute Gasteiger partial charge is 0.130 e. The highest BCUT2D eigenvalue weighted by Crippen LogP contribution is 2.22. The standard InChI is InChI=1S/C17H24FN3O2/c18-17-11-15(2-1-13(17)12-22)21-9-5-14(6-10-21)20-23-16-3-7-19-8-4-16/h1-2,11,16,19,22H,3-10,12H2. The summed E-state index contributed by atoms with van der Waals surface area (Å²) >= 11 is 0. The van der Waals surface area contributed by atoms with Crippen LogP contribution < -0.4 is 10.2 Å². The molecule has 0 unspecified atom stereocenters. The van der Waals surface area contributed by atoms with Crippen LogP contribution in [0, 0.1) is 5.82 Å². The monoisotopic (exact) mass is 321 g/mol. The first-order valence-corrected chi connectivity index (χ1v) is 8.33. The number of hydrogen-bond acceptors (Lipinski definition) is 5. The van der Waals surface area contributed by atoms with E-state index in [2.05, 4.69) is 15.4 Å². The number of anilines is 1. The van der Waals surface area contributed by atoms with Crippen molar-refractivity contribution >= 4 is 11.4 Å². The summed E-state index contributed by atoms with van der Waals surface area (Å²) in [6.07, 6.45) is 3.95. The number of piperidine rings is 2. The number of rotatable bonds is 4. The second-order valence-corrected chi connectivity index (χ2v) is 6.13. The molecule has 126 valence electrons. The van der Waals surface area contributed by atoms with E-state index in [9.17, 15) is 4.39 Å². The summed E-state index contributed by atoms with van der Waals surface area (Å²) < 4.78 is 13.8. The van der Waals surface area contributed by atoms with Crippen LogP contribution in [0.2, 0.25) is 0 Å². The third kappa shape index (κ3) is 4.20. The Hall–Kier alpha value is -1.66. The average Bonchev–Trinajstić information content (AvgIpc) is 2.61. The number of halogens is 1. The molecule has 0 atom stereocenters. The molecule has 0 aromatic heterocycles. The molecule has 0 bridgehead atoms. The van der Waals surface area contributed by atoms with Crippen molar-refractivity contribution in [2.75, 3.05) is 31.1 Å². The van der Waals surface area contributed by atoms with Gasteiger partial charge in [0.25, 0.3) is 0 Å². The largest absolute Gasteiger partial charge is 0.392 e. The van der Waals surface area contributed by atoms with E-state index < -0.39 is 0 Å². The predicted molar refractivity (Wildman–Crippen MR) is 88.2 cm³/mol. The average molecular weight is 321 g/mol. The van der Waals surface area contributed by atoms with Crippen LogP contribution in [-0.4, -0.2) is 43.1 Å². The number of oxime groups is 1. The number of nitrogens with one attached hydrogen (secondary N) is 1. The van der Waals surface area contributed by atoms with Gasteiger partial charge in [0.2, 0.25) is 0 Å². The Morgan fingerprint density at radius 2 is 2.00 bits per heavy atom. The van der Waals surface area contributed by atoms with Crippen molar-refractivity contribution in [2.24, 2.45) is 5.16 Å². The summed E-state index contributed by atoms with van der Waals surface area (Å²) in [4.78, 5) is 7.80. The molecular weight excluding hydrogens is 297 g/mol. The predicted octanol–water partition coefficient (Wildman–Crippen LogP) is 2.04. The molecule has 2 N–H and O–H groups in total. The van der Waals surface area contributed by atoms with Crippen LogP contribution in [0.5, 0.6) is 0 Å². The third-order valence-electron chi connectivity index (χ3n) is 4.53. The number of benzene rings is 1. The summed E-state index contributed by atoms with van der Waals surface area (Å²) in [6.45, 7) is 3.35. The Morgan fingerprint density at radius 1 is 1.26 bits per heavy atom. The highest BCUT2D eigenvalue weighted by Gasteiger charge is 2.18. The van der Waals surface area contributed by atoms with Crippen LogP contribution in [0.1, 0.15) is 31.2 Å². The van der Waals surface area contributed by atoms with Gasteiger partial charge in [0.05, 0.1) is 12.3 Å². The van der Waals surface area contributed by atoms with Crippen LogP contribution in [-0.2, 0) is 11.4 Å². The van der Waals surface area contributed by atoms with Gasteiger partial charge >= 0.3 is 0 Å². The van der Waals surface area contributed by atoms with Crippen molar-refractivity contribution in [1.82, 2.24) is 5.32 Å². The van der Waals surface area contributed by atoms with E-state index in [-0.39, 0.29) is 18.5 Å². The van der Waals surface area contributed by atoms with E-state index in [0.29, 0.717) is 5.56 Å². The lowest BCUT2D eigenvalue weighted by atomic mass is 10.1. The molecule has 0 aliphatic carbocycles. The van der Waals surface area contributed by atoms with E-state index in [1.807, 2.05) is 6.07 Å². The lowest BCUT2D eigenvalue weighted by molar-refractivity contribution is 0.0368. The first-order valence-electron chi connectivity index (χ1n) is 8.33. The van der Waals surface area contributed by atoms with Gasteiger partial charge in [-0.25, -0.2) is 4.39 Å². The van der Waals surface area contributed by atoms with Crippen LogP contribution >= 0.6 is 0 Å². The van der Waals surface area contributed by atoms with E-state index in [4.69, 9.17) is 9.94 Å². The molecule has 1 aromatic rings. The van der Waals surface area contributed by atoms with Crippen molar-refractivity contribution in [3.05, 3.63) is 29.6 Å². The van der Waals surface area contributed by atoms with Crippen LogP contribution in [0.15, 0.2) is 23.4 Å². The Morgan fingerprint density at radius 3 is 2.65 bits per heavy atom. The molecule has 0 radical (unpaired) electrons. The second kappa shape index (κ2) is 7.75. The molecule has 0 spiro atoms. The van der Waals surface area contributed by atoms with Crippen LogP contribution in [0.3, 0.4) is 0 Å². The fraction of sp³-hybridized carbons (Fsp3) is 0.588. The normalized spacial score (nSPS) is 19.7. The first-order chi connectivity index (χ1) is 11.3. The molecule has 0 amide bonds. The number of aliphatic hydroxyl groups excluding tert-OH is 1. The van der Waals surface area contributed by atoms with Crippen LogP contribution in [0.25, 0.3) is 0 Å². The molecule has 2 fully saturated rings. The zero-order chi connectivity index (χ0) is 16.1. The molecule has 1 aromatic carbocycles. The fourth-order valence-corrected chi connectivity index (χ4v) is 3.03. The summed E-state index contributed by atoms with van der Waals surface area (Å²) in [5.74, 6) is -0.348. The minimum atomic E-state index is -0.348. The molecule has 6 heteroatoms. The van der Waals surface area contributed by atoms with Gasteiger partial charge in [0.15, 0.2) is 0 Å². The Labute approximate surface area is 136 Å². The molecule has 23 heavy (non-hydrogen) atoms. The first kappa shape index (κ1) is 16.2. The maximum absolute atomic E-state index is 13.8. The fourth-order valence-electron chi connectivity index (χ4n) is 3.03. The minimum Gasteiger partial charge on any atom is -0.392 e. The minimum absolute atomic E-state index is 0.238. The molecule has 0 saturated carbocycles. The molecule has 2 aliphatic rings. The van der Waals surface area contributed by atoms with Crippen molar-refractivity contribution < 1.29 is 14.3 Å². The van der Waals surface area contributed by atoms with Crippen molar-refractivity contribution in [1.29, 1.82) is 0 Å². The highest BCUT2D eigenvalue weighted by atomic mass is 19.1. The van der Waals surface area contributed by atoms with Gasteiger partial charge in [-0.15, -0.1) is 0 Å². The number of nitrogens with zero attached hydrogens (tertiary/aromatic N) is 2. The third-order valence-corrected chi connectivity index (χ3v) is 4.53. The van der Waals surface area contributed by atoms with Gasteiger partial charge in [-0.1, -0.05) is 11.2 Å². The van der Waals surface area contributed by atoms with Crippen molar-refractivity contribution in [3.63, 3.8) is 0 Å².